The van der Waals surface area contributed by atoms with Crippen LogP contribution in [0.1, 0.15) is 30.4 Å². The first-order valence-electron chi connectivity index (χ1n) is 8.41. The minimum Gasteiger partial charge on any atom is -0.370 e. The summed E-state index contributed by atoms with van der Waals surface area (Å²) in [5.74, 6) is 0.285. The Kier molecular flexibility index (Phi) is 6.95. The van der Waals surface area contributed by atoms with Crippen molar-refractivity contribution in [3.8, 4) is 0 Å². The third-order valence-corrected chi connectivity index (χ3v) is 4.63. The van der Waals surface area contributed by atoms with Gasteiger partial charge in [-0.3, -0.25) is 4.90 Å². The number of hydrogen-bond acceptors (Lipinski definition) is 2. The Labute approximate surface area is 163 Å². The second-order valence-corrected chi connectivity index (χ2v) is 6.58. The Bertz CT molecular complexity index is 618. The van der Waals surface area contributed by atoms with Crippen LogP contribution in [0.25, 0.3) is 0 Å². The first-order valence-corrected chi connectivity index (χ1v) is 8.41. The Morgan fingerprint density at radius 3 is 2.80 bits per heavy atom. The summed E-state index contributed by atoms with van der Waals surface area (Å²) in [6, 6.07) is 5.94. The summed E-state index contributed by atoms with van der Waals surface area (Å²) in [7, 11) is 0. The lowest BCUT2D eigenvalue weighted by atomic mass is 9.90. The van der Waals surface area contributed by atoms with E-state index in [0.717, 1.165) is 24.9 Å². The highest BCUT2D eigenvalue weighted by molar-refractivity contribution is 14.0. The molecular weight excluding hydrogens is 444 g/mol. The van der Waals surface area contributed by atoms with Crippen LogP contribution < -0.4 is 11.1 Å². The maximum Gasteiger partial charge on any atom is 0.401 e. The van der Waals surface area contributed by atoms with E-state index in [0.29, 0.717) is 19.5 Å². The van der Waals surface area contributed by atoms with Gasteiger partial charge in [-0.1, -0.05) is 12.1 Å². The number of rotatable bonds is 3. The average molecular weight is 468 g/mol. The monoisotopic (exact) mass is 468 g/mol. The second-order valence-electron chi connectivity index (χ2n) is 6.58. The van der Waals surface area contributed by atoms with Gasteiger partial charge in [-0.25, -0.2) is 4.99 Å². The topological polar surface area (TPSA) is 53.6 Å². The SMILES string of the molecule is I.NC(=NC1CCN(CC(F)(F)F)C1)Nc1cccc2c1CCCC2. The third kappa shape index (κ3) is 5.73. The first kappa shape index (κ1) is 20.3. The van der Waals surface area contributed by atoms with Crippen molar-refractivity contribution in [2.45, 2.75) is 44.3 Å². The van der Waals surface area contributed by atoms with E-state index in [2.05, 4.69) is 16.4 Å². The number of benzene rings is 1. The van der Waals surface area contributed by atoms with Gasteiger partial charge in [0.05, 0.1) is 12.6 Å². The van der Waals surface area contributed by atoms with Crippen LogP contribution >= 0.6 is 24.0 Å². The Hall–Kier alpha value is -1.03. The van der Waals surface area contributed by atoms with Crippen LogP contribution in [0.5, 0.6) is 0 Å². The van der Waals surface area contributed by atoms with Gasteiger partial charge in [0.2, 0.25) is 0 Å². The third-order valence-electron chi connectivity index (χ3n) is 4.63. The average Bonchev–Trinajstić information content (AvgIpc) is 2.92. The van der Waals surface area contributed by atoms with Crippen LogP contribution in [0.2, 0.25) is 0 Å². The predicted molar refractivity (Wildman–Crippen MR) is 105 cm³/mol. The van der Waals surface area contributed by atoms with Crippen molar-refractivity contribution in [2.24, 2.45) is 10.7 Å². The van der Waals surface area contributed by atoms with Gasteiger partial charge in [-0.2, -0.15) is 13.2 Å². The van der Waals surface area contributed by atoms with Gasteiger partial charge in [-0.15, -0.1) is 24.0 Å². The molecule has 1 unspecified atom stereocenters. The lowest BCUT2D eigenvalue weighted by Crippen LogP contribution is -2.33. The number of anilines is 1. The Morgan fingerprint density at radius 2 is 2.04 bits per heavy atom. The number of aliphatic imine (C=N–C) groups is 1. The number of aryl methyl sites for hydroxylation is 1. The molecule has 0 bridgehead atoms. The molecule has 1 atom stereocenters. The van der Waals surface area contributed by atoms with Crippen molar-refractivity contribution in [3.05, 3.63) is 29.3 Å². The van der Waals surface area contributed by atoms with Crippen LogP contribution in [0, 0.1) is 0 Å². The van der Waals surface area contributed by atoms with Crippen molar-refractivity contribution in [1.29, 1.82) is 0 Å². The molecule has 8 heteroatoms. The fourth-order valence-corrected chi connectivity index (χ4v) is 3.58. The molecule has 0 aromatic heterocycles. The maximum absolute atomic E-state index is 12.4. The molecule has 0 saturated carbocycles. The highest BCUT2D eigenvalue weighted by Crippen LogP contribution is 2.28. The van der Waals surface area contributed by atoms with Crippen LogP contribution in [0.4, 0.5) is 18.9 Å². The predicted octanol–water partition coefficient (Wildman–Crippen LogP) is 3.55. The fourth-order valence-electron chi connectivity index (χ4n) is 3.58. The summed E-state index contributed by atoms with van der Waals surface area (Å²) < 4.78 is 37.3. The summed E-state index contributed by atoms with van der Waals surface area (Å²) in [5, 5.41) is 3.15. The number of fused-ring (bicyclic) bond motifs is 1. The minimum atomic E-state index is -4.16. The van der Waals surface area contributed by atoms with Crippen LogP contribution in [-0.2, 0) is 12.8 Å². The van der Waals surface area contributed by atoms with Gasteiger partial charge < -0.3 is 11.1 Å². The highest BCUT2D eigenvalue weighted by atomic mass is 127. The number of guanidine groups is 1. The van der Waals surface area contributed by atoms with Gasteiger partial charge in [0.1, 0.15) is 0 Å². The van der Waals surface area contributed by atoms with E-state index in [1.807, 2.05) is 12.1 Å². The van der Waals surface area contributed by atoms with Crippen molar-refractivity contribution in [2.75, 3.05) is 25.0 Å². The quantitative estimate of drug-likeness (QED) is 0.406. The lowest BCUT2D eigenvalue weighted by molar-refractivity contribution is -0.143. The van der Waals surface area contributed by atoms with E-state index in [-0.39, 0.29) is 36.0 Å². The van der Waals surface area contributed by atoms with E-state index in [9.17, 15) is 13.2 Å². The van der Waals surface area contributed by atoms with Gasteiger partial charge in [0, 0.05) is 18.8 Å². The van der Waals surface area contributed by atoms with Gasteiger partial charge >= 0.3 is 6.18 Å². The molecule has 0 radical (unpaired) electrons. The van der Waals surface area contributed by atoms with E-state index >= 15 is 0 Å². The summed E-state index contributed by atoms with van der Waals surface area (Å²) >= 11 is 0. The van der Waals surface area contributed by atoms with Crippen molar-refractivity contribution in [1.82, 2.24) is 4.90 Å². The molecule has 1 aliphatic heterocycles. The number of nitrogens with zero attached hydrogens (tertiary/aromatic N) is 2. The summed E-state index contributed by atoms with van der Waals surface area (Å²) in [6.45, 7) is -0.172. The molecule has 1 fully saturated rings. The summed E-state index contributed by atoms with van der Waals surface area (Å²) in [4.78, 5) is 5.76. The molecule has 3 N–H and O–H groups in total. The van der Waals surface area contributed by atoms with Crippen LogP contribution in [0.3, 0.4) is 0 Å². The minimum absolute atomic E-state index is 0. The van der Waals surface area contributed by atoms with Gasteiger partial charge in [0.25, 0.3) is 0 Å². The molecule has 1 aromatic carbocycles. The highest BCUT2D eigenvalue weighted by Gasteiger charge is 2.34. The molecule has 3 rings (SSSR count). The van der Waals surface area contributed by atoms with E-state index in [1.165, 1.54) is 22.4 Å². The number of nitrogens with two attached hydrogens (primary N) is 1. The first-order chi connectivity index (χ1) is 11.4. The number of likely N-dealkylation sites (tertiary alicyclic amines) is 1. The van der Waals surface area contributed by atoms with E-state index < -0.39 is 12.7 Å². The summed E-state index contributed by atoms with van der Waals surface area (Å²) in [5.41, 5.74) is 9.59. The zero-order valence-corrected chi connectivity index (χ0v) is 16.3. The largest absolute Gasteiger partial charge is 0.401 e. The fraction of sp³-hybridized carbons (Fsp3) is 0.588. The normalized spacial score (nSPS) is 21.6. The Balaban J connectivity index is 0.00000225. The molecule has 2 aliphatic rings. The molecule has 1 aliphatic carbocycles. The standard InChI is InChI=1S/C17H23F3N4.HI/c18-17(19,20)11-24-9-8-13(10-24)22-16(21)23-15-7-3-5-12-4-1-2-6-14(12)15;/h3,5,7,13H,1-2,4,6,8-11H2,(H3,21,22,23);1H. The van der Waals surface area contributed by atoms with Crippen LogP contribution in [-0.4, -0.2) is 42.7 Å². The molecule has 1 heterocycles. The molecular formula is C17H24F3IN4. The molecule has 4 nitrogen and oxygen atoms in total. The zero-order chi connectivity index (χ0) is 17.2. The number of halogens is 4. The van der Waals surface area contributed by atoms with Crippen molar-refractivity contribution in [3.63, 3.8) is 0 Å². The lowest BCUT2D eigenvalue weighted by Gasteiger charge is -2.20. The van der Waals surface area contributed by atoms with E-state index in [1.54, 1.807) is 0 Å². The number of alkyl halides is 3. The molecule has 25 heavy (non-hydrogen) atoms. The smallest absolute Gasteiger partial charge is 0.370 e. The maximum atomic E-state index is 12.4. The molecule has 1 aromatic rings. The van der Waals surface area contributed by atoms with Gasteiger partial charge in [0.15, 0.2) is 5.96 Å². The second kappa shape index (κ2) is 8.57. The summed E-state index contributed by atoms with van der Waals surface area (Å²) in [6.07, 6.45) is 0.914. The number of hydrogen-bond donors (Lipinski definition) is 2. The number of nitrogens with one attached hydrogen (secondary N) is 1. The van der Waals surface area contributed by atoms with E-state index in [4.69, 9.17) is 5.73 Å². The molecule has 1 saturated heterocycles. The van der Waals surface area contributed by atoms with Gasteiger partial charge in [-0.05, 0) is 49.3 Å². The molecule has 0 amide bonds. The van der Waals surface area contributed by atoms with Crippen molar-refractivity contribution < 1.29 is 13.2 Å². The van der Waals surface area contributed by atoms with Crippen LogP contribution in [0.15, 0.2) is 23.2 Å². The molecule has 0 spiro atoms. The Morgan fingerprint density at radius 1 is 1.28 bits per heavy atom. The molecule has 140 valence electrons. The van der Waals surface area contributed by atoms with Crippen molar-refractivity contribution >= 4 is 35.6 Å². The zero-order valence-electron chi connectivity index (χ0n) is 14.0.